The zero-order valence-corrected chi connectivity index (χ0v) is 8.71. The fourth-order valence-corrected chi connectivity index (χ4v) is 2.29. The highest BCUT2D eigenvalue weighted by molar-refractivity contribution is 5.47. The molecule has 76 valence electrons. The van der Waals surface area contributed by atoms with Gasteiger partial charge in [0.1, 0.15) is 5.75 Å². The number of methoxy groups -OCH3 is 1. The third-order valence-electron chi connectivity index (χ3n) is 2.99. The minimum Gasteiger partial charge on any atom is -0.496 e. The lowest BCUT2D eigenvalue weighted by Crippen LogP contribution is -2.12. The average Bonchev–Trinajstić information content (AvgIpc) is 2.18. The third-order valence-corrected chi connectivity index (χ3v) is 2.99. The molecule has 0 saturated heterocycles. The Hall–Kier alpha value is -1.02. The van der Waals surface area contributed by atoms with Crippen molar-refractivity contribution in [1.29, 1.82) is 0 Å². The molecule has 0 spiro atoms. The Morgan fingerprint density at radius 3 is 2.93 bits per heavy atom. The molecular formula is C12H16O2. The van der Waals surface area contributed by atoms with E-state index in [9.17, 15) is 5.11 Å². The van der Waals surface area contributed by atoms with Gasteiger partial charge in [0.05, 0.1) is 13.2 Å². The molecule has 0 amide bonds. The van der Waals surface area contributed by atoms with E-state index in [1.807, 2.05) is 19.1 Å². The normalized spacial score (nSPS) is 20.4. The number of fused-ring (bicyclic) bond motifs is 1. The van der Waals surface area contributed by atoms with E-state index in [1.165, 1.54) is 11.1 Å². The molecular weight excluding hydrogens is 176 g/mol. The predicted molar refractivity (Wildman–Crippen MR) is 55.6 cm³/mol. The molecule has 2 nitrogen and oxygen atoms in total. The van der Waals surface area contributed by atoms with E-state index in [4.69, 9.17) is 4.74 Å². The van der Waals surface area contributed by atoms with Gasteiger partial charge in [0.25, 0.3) is 0 Å². The molecule has 1 N–H and O–H groups in total. The van der Waals surface area contributed by atoms with Crippen LogP contribution in [0.15, 0.2) is 12.1 Å². The molecule has 0 aliphatic heterocycles. The Balaban J connectivity index is 2.57. The quantitative estimate of drug-likeness (QED) is 0.740. The first-order chi connectivity index (χ1) is 6.74. The third kappa shape index (κ3) is 1.40. The molecule has 0 radical (unpaired) electrons. The van der Waals surface area contributed by atoms with Crippen LogP contribution in [0.3, 0.4) is 0 Å². The molecule has 1 aliphatic carbocycles. The summed E-state index contributed by atoms with van der Waals surface area (Å²) in [6.45, 7) is 2.05. The van der Waals surface area contributed by atoms with E-state index in [-0.39, 0.29) is 6.10 Å². The number of aryl methyl sites for hydroxylation is 1. The van der Waals surface area contributed by atoms with Gasteiger partial charge in [-0.1, -0.05) is 6.07 Å². The molecule has 0 fully saturated rings. The minimum absolute atomic E-state index is 0.297. The fraction of sp³-hybridized carbons (Fsp3) is 0.500. The largest absolute Gasteiger partial charge is 0.496 e. The molecule has 0 saturated carbocycles. The lowest BCUT2D eigenvalue weighted by atomic mass is 9.86. The van der Waals surface area contributed by atoms with Crippen LogP contribution in [0.4, 0.5) is 0 Å². The predicted octanol–water partition coefficient (Wildman–Crippen LogP) is 2.37. The van der Waals surface area contributed by atoms with E-state index >= 15 is 0 Å². The van der Waals surface area contributed by atoms with Gasteiger partial charge in [-0.25, -0.2) is 0 Å². The molecule has 0 unspecified atom stereocenters. The van der Waals surface area contributed by atoms with Gasteiger partial charge in [0.15, 0.2) is 0 Å². The highest BCUT2D eigenvalue weighted by Crippen LogP contribution is 2.37. The Morgan fingerprint density at radius 2 is 2.21 bits per heavy atom. The van der Waals surface area contributed by atoms with Crippen molar-refractivity contribution in [2.45, 2.75) is 32.3 Å². The number of benzene rings is 1. The number of aliphatic hydroxyl groups is 1. The zero-order chi connectivity index (χ0) is 10.1. The standard InChI is InChI=1S/C12H16O2/c1-8-6-7-11(14-2)9-4-3-5-10(13)12(8)9/h6-7,10,13H,3-5H2,1-2H3/t10-/m1/s1. The van der Waals surface area contributed by atoms with Crippen molar-refractivity contribution in [2.75, 3.05) is 7.11 Å². The van der Waals surface area contributed by atoms with Gasteiger partial charge in [-0.15, -0.1) is 0 Å². The molecule has 2 rings (SSSR count). The van der Waals surface area contributed by atoms with Crippen molar-refractivity contribution in [3.63, 3.8) is 0 Å². The molecule has 0 heterocycles. The molecule has 0 bridgehead atoms. The summed E-state index contributed by atoms with van der Waals surface area (Å²) in [5.74, 6) is 0.921. The number of hydrogen-bond acceptors (Lipinski definition) is 2. The molecule has 1 aromatic rings. The maximum Gasteiger partial charge on any atom is 0.122 e. The van der Waals surface area contributed by atoms with Gasteiger partial charge in [0, 0.05) is 5.56 Å². The summed E-state index contributed by atoms with van der Waals surface area (Å²) in [6.07, 6.45) is 2.65. The Morgan fingerprint density at radius 1 is 1.43 bits per heavy atom. The van der Waals surface area contributed by atoms with E-state index in [0.717, 1.165) is 30.6 Å². The second-order valence-electron chi connectivity index (χ2n) is 3.88. The molecule has 2 heteroatoms. The van der Waals surface area contributed by atoms with E-state index in [2.05, 4.69) is 0 Å². The molecule has 1 aromatic carbocycles. The summed E-state index contributed by atoms with van der Waals surface area (Å²) in [5, 5.41) is 9.91. The van der Waals surface area contributed by atoms with Crippen molar-refractivity contribution < 1.29 is 9.84 Å². The van der Waals surface area contributed by atoms with E-state index < -0.39 is 0 Å². The number of aliphatic hydroxyl groups excluding tert-OH is 1. The summed E-state index contributed by atoms with van der Waals surface area (Å²) >= 11 is 0. The van der Waals surface area contributed by atoms with Crippen molar-refractivity contribution in [3.8, 4) is 5.75 Å². The van der Waals surface area contributed by atoms with Gasteiger partial charge in [-0.3, -0.25) is 0 Å². The molecule has 1 atom stereocenters. The Labute approximate surface area is 84.5 Å². The van der Waals surface area contributed by atoms with Crippen molar-refractivity contribution >= 4 is 0 Å². The number of rotatable bonds is 1. The van der Waals surface area contributed by atoms with Crippen LogP contribution >= 0.6 is 0 Å². The van der Waals surface area contributed by atoms with Crippen molar-refractivity contribution in [2.24, 2.45) is 0 Å². The first-order valence-corrected chi connectivity index (χ1v) is 5.08. The second-order valence-corrected chi connectivity index (χ2v) is 3.88. The average molecular weight is 192 g/mol. The van der Waals surface area contributed by atoms with Crippen molar-refractivity contribution in [3.05, 3.63) is 28.8 Å². The van der Waals surface area contributed by atoms with Crippen LogP contribution in [0, 0.1) is 6.92 Å². The van der Waals surface area contributed by atoms with Gasteiger partial charge < -0.3 is 9.84 Å². The van der Waals surface area contributed by atoms with Crippen LogP contribution in [0.1, 0.15) is 35.6 Å². The Kier molecular flexibility index (Phi) is 2.46. The number of ether oxygens (including phenoxy) is 1. The highest BCUT2D eigenvalue weighted by atomic mass is 16.5. The Bertz CT molecular complexity index is 344. The lowest BCUT2D eigenvalue weighted by Gasteiger charge is -2.25. The van der Waals surface area contributed by atoms with Gasteiger partial charge in [-0.2, -0.15) is 0 Å². The monoisotopic (exact) mass is 192 g/mol. The fourth-order valence-electron chi connectivity index (χ4n) is 2.29. The minimum atomic E-state index is -0.297. The topological polar surface area (TPSA) is 29.5 Å². The van der Waals surface area contributed by atoms with Gasteiger partial charge in [-0.05, 0) is 43.4 Å². The summed E-state index contributed by atoms with van der Waals surface area (Å²) in [4.78, 5) is 0. The van der Waals surface area contributed by atoms with Crippen LogP contribution in [0.2, 0.25) is 0 Å². The summed E-state index contributed by atoms with van der Waals surface area (Å²) in [6, 6.07) is 4.01. The van der Waals surface area contributed by atoms with Crippen LogP contribution in [0.25, 0.3) is 0 Å². The van der Waals surface area contributed by atoms with E-state index in [1.54, 1.807) is 7.11 Å². The SMILES string of the molecule is COc1ccc(C)c2c1CCC[C@H]2O. The first-order valence-electron chi connectivity index (χ1n) is 5.08. The second kappa shape index (κ2) is 3.62. The van der Waals surface area contributed by atoms with Gasteiger partial charge in [0.2, 0.25) is 0 Å². The first kappa shape index (κ1) is 9.53. The summed E-state index contributed by atoms with van der Waals surface area (Å²) in [5.41, 5.74) is 3.47. The smallest absolute Gasteiger partial charge is 0.122 e. The molecule has 1 aliphatic rings. The van der Waals surface area contributed by atoms with Crippen molar-refractivity contribution in [1.82, 2.24) is 0 Å². The maximum atomic E-state index is 9.91. The highest BCUT2D eigenvalue weighted by Gasteiger charge is 2.22. The van der Waals surface area contributed by atoms with Gasteiger partial charge >= 0.3 is 0 Å². The molecule has 14 heavy (non-hydrogen) atoms. The molecule has 0 aromatic heterocycles. The summed E-state index contributed by atoms with van der Waals surface area (Å²) in [7, 11) is 1.69. The lowest BCUT2D eigenvalue weighted by molar-refractivity contribution is 0.155. The van der Waals surface area contributed by atoms with E-state index in [0.29, 0.717) is 0 Å². The van der Waals surface area contributed by atoms with Crippen LogP contribution < -0.4 is 4.74 Å². The van der Waals surface area contributed by atoms with Crippen LogP contribution in [0.5, 0.6) is 5.75 Å². The zero-order valence-electron chi connectivity index (χ0n) is 8.71. The maximum absolute atomic E-state index is 9.91. The van der Waals surface area contributed by atoms with Crippen LogP contribution in [-0.4, -0.2) is 12.2 Å². The van der Waals surface area contributed by atoms with Crippen LogP contribution in [-0.2, 0) is 6.42 Å². The number of hydrogen-bond donors (Lipinski definition) is 1. The summed E-state index contributed by atoms with van der Waals surface area (Å²) < 4.78 is 5.30.